The van der Waals surface area contributed by atoms with Crippen molar-refractivity contribution in [2.75, 3.05) is 14.2 Å². The van der Waals surface area contributed by atoms with Crippen LogP contribution in [-0.2, 0) is 0 Å². The standard InChI is InChI=1S/C10H9ClN2O4/c1-15-6-4-3-5(7(11)8(6)16-2)9-12-10(14)17-13-9/h3-4H,1-2H3,(H,12,13,14). The average Bonchev–Trinajstić information content (AvgIpc) is 2.75. The molecule has 1 aromatic carbocycles. The molecule has 1 aromatic heterocycles. The number of benzene rings is 1. The molecule has 1 N–H and O–H groups in total. The topological polar surface area (TPSA) is 77.4 Å². The van der Waals surface area contributed by atoms with Crippen molar-refractivity contribution >= 4 is 11.6 Å². The van der Waals surface area contributed by atoms with Gasteiger partial charge in [-0.2, -0.15) is 0 Å². The van der Waals surface area contributed by atoms with Crippen LogP contribution in [0.3, 0.4) is 0 Å². The lowest BCUT2D eigenvalue weighted by molar-refractivity contribution is 0.355. The van der Waals surface area contributed by atoms with Gasteiger partial charge in [-0.25, -0.2) is 4.79 Å². The van der Waals surface area contributed by atoms with Crippen molar-refractivity contribution in [2.45, 2.75) is 0 Å². The minimum Gasteiger partial charge on any atom is -0.493 e. The highest BCUT2D eigenvalue weighted by atomic mass is 35.5. The van der Waals surface area contributed by atoms with Crippen LogP contribution in [0.4, 0.5) is 0 Å². The number of aromatic amines is 1. The van der Waals surface area contributed by atoms with Crippen molar-refractivity contribution in [1.29, 1.82) is 0 Å². The maximum Gasteiger partial charge on any atom is 0.439 e. The van der Waals surface area contributed by atoms with E-state index in [4.69, 9.17) is 21.1 Å². The molecule has 0 amide bonds. The number of aromatic nitrogens is 2. The first-order valence-electron chi connectivity index (χ1n) is 4.64. The fraction of sp³-hybridized carbons (Fsp3) is 0.200. The Bertz CT molecular complexity index is 590. The molecule has 7 heteroatoms. The van der Waals surface area contributed by atoms with Gasteiger partial charge >= 0.3 is 5.76 Å². The van der Waals surface area contributed by atoms with Gasteiger partial charge in [0, 0.05) is 5.56 Å². The average molecular weight is 257 g/mol. The quantitative estimate of drug-likeness (QED) is 0.904. The summed E-state index contributed by atoms with van der Waals surface area (Å²) >= 11 is 6.13. The first-order chi connectivity index (χ1) is 8.17. The highest BCUT2D eigenvalue weighted by molar-refractivity contribution is 6.35. The van der Waals surface area contributed by atoms with E-state index >= 15 is 0 Å². The van der Waals surface area contributed by atoms with Crippen molar-refractivity contribution < 1.29 is 14.0 Å². The summed E-state index contributed by atoms with van der Waals surface area (Å²) in [6, 6.07) is 3.31. The summed E-state index contributed by atoms with van der Waals surface area (Å²) in [6.45, 7) is 0. The Labute approximate surface area is 101 Å². The number of halogens is 1. The van der Waals surface area contributed by atoms with E-state index in [1.54, 1.807) is 12.1 Å². The van der Waals surface area contributed by atoms with Crippen LogP contribution in [0.1, 0.15) is 0 Å². The molecular weight excluding hydrogens is 248 g/mol. The zero-order chi connectivity index (χ0) is 12.4. The fourth-order valence-electron chi connectivity index (χ4n) is 1.42. The molecule has 0 spiro atoms. The third-order valence-electron chi connectivity index (χ3n) is 2.18. The van der Waals surface area contributed by atoms with Crippen LogP contribution in [0.5, 0.6) is 11.5 Å². The van der Waals surface area contributed by atoms with E-state index in [-0.39, 0.29) is 10.8 Å². The highest BCUT2D eigenvalue weighted by Gasteiger charge is 2.16. The van der Waals surface area contributed by atoms with Crippen molar-refractivity contribution in [3.63, 3.8) is 0 Å². The molecule has 0 aliphatic heterocycles. The molecule has 0 fully saturated rings. The molecule has 90 valence electrons. The van der Waals surface area contributed by atoms with Gasteiger partial charge in [0.05, 0.1) is 19.2 Å². The maximum absolute atomic E-state index is 10.9. The van der Waals surface area contributed by atoms with Crippen molar-refractivity contribution in [1.82, 2.24) is 10.1 Å². The van der Waals surface area contributed by atoms with Gasteiger partial charge in [0.25, 0.3) is 0 Å². The van der Waals surface area contributed by atoms with Crippen LogP contribution in [0, 0.1) is 0 Å². The van der Waals surface area contributed by atoms with Crippen molar-refractivity contribution in [2.24, 2.45) is 0 Å². The van der Waals surface area contributed by atoms with Crippen LogP contribution in [0.15, 0.2) is 21.5 Å². The number of hydrogen-bond acceptors (Lipinski definition) is 5. The lowest BCUT2D eigenvalue weighted by atomic mass is 10.2. The van der Waals surface area contributed by atoms with Gasteiger partial charge in [0.2, 0.25) is 0 Å². The number of H-pyrrole nitrogens is 1. The highest BCUT2D eigenvalue weighted by Crippen LogP contribution is 2.40. The molecular formula is C10H9ClN2O4. The van der Waals surface area contributed by atoms with Crippen LogP contribution >= 0.6 is 11.6 Å². The van der Waals surface area contributed by atoms with E-state index in [1.165, 1.54) is 14.2 Å². The second kappa shape index (κ2) is 4.50. The zero-order valence-electron chi connectivity index (χ0n) is 9.11. The number of ether oxygens (including phenoxy) is 2. The number of nitrogens with one attached hydrogen (secondary N) is 1. The molecule has 0 aliphatic rings. The fourth-order valence-corrected chi connectivity index (χ4v) is 1.74. The van der Waals surface area contributed by atoms with Crippen molar-refractivity contribution in [3.05, 3.63) is 27.7 Å². The Morgan fingerprint density at radius 2 is 2.12 bits per heavy atom. The predicted molar refractivity (Wildman–Crippen MR) is 60.7 cm³/mol. The lowest BCUT2D eigenvalue weighted by Gasteiger charge is -2.10. The largest absolute Gasteiger partial charge is 0.493 e. The van der Waals surface area contributed by atoms with Gasteiger partial charge in [-0.05, 0) is 12.1 Å². The molecule has 0 radical (unpaired) electrons. The van der Waals surface area contributed by atoms with E-state index < -0.39 is 5.76 Å². The van der Waals surface area contributed by atoms with Gasteiger partial charge in [-0.15, -0.1) is 0 Å². The molecule has 2 rings (SSSR count). The maximum atomic E-state index is 10.9. The van der Waals surface area contributed by atoms with Crippen LogP contribution < -0.4 is 15.2 Å². The summed E-state index contributed by atoms with van der Waals surface area (Å²) in [5, 5.41) is 3.84. The third-order valence-corrected chi connectivity index (χ3v) is 2.56. The van der Waals surface area contributed by atoms with Gasteiger partial charge in [-0.1, -0.05) is 16.8 Å². The summed E-state index contributed by atoms with van der Waals surface area (Å²) in [5.41, 5.74) is 0.496. The van der Waals surface area contributed by atoms with Gasteiger partial charge in [-0.3, -0.25) is 9.51 Å². The molecule has 17 heavy (non-hydrogen) atoms. The summed E-state index contributed by atoms with van der Waals surface area (Å²) in [6.07, 6.45) is 0. The molecule has 0 unspecified atom stereocenters. The Morgan fingerprint density at radius 1 is 1.35 bits per heavy atom. The van der Waals surface area contributed by atoms with Crippen LogP contribution in [0.2, 0.25) is 5.02 Å². The molecule has 0 aliphatic carbocycles. The summed E-state index contributed by atoms with van der Waals surface area (Å²) in [5.74, 6) is 0.453. The normalized spacial score (nSPS) is 10.3. The second-order valence-electron chi connectivity index (χ2n) is 3.11. The van der Waals surface area contributed by atoms with Gasteiger partial charge in [0.15, 0.2) is 17.3 Å². The molecule has 0 bridgehead atoms. The Kier molecular flexibility index (Phi) is 3.06. The lowest BCUT2D eigenvalue weighted by Crippen LogP contribution is -1.96. The van der Waals surface area contributed by atoms with E-state index in [0.717, 1.165) is 0 Å². The zero-order valence-corrected chi connectivity index (χ0v) is 9.87. The SMILES string of the molecule is COc1ccc(-c2noc(=O)[nH]2)c(Cl)c1OC. The number of rotatable bonds is 3. The molecule has 0 saturated heterocycles. The van der Waals surface area contributed by atoms with E-state index in [0.29, 0.717) is 17.1 Å². The smallest absolute Gasteiger partial charge is 0.439 e. The number of methoxy groups -OCH3 is 2. The number of hydrogen-bond donors (Lipinski definition) is 1. The minimum absolute atomic E-state index is 0.237. The van der Waals surface area contributed by atoms with Crippen LogP contribution in [0.25, 0.3) is 11.4 Å². The minimum atomic E-state index is -0.647. The summed E-state index contributed by atoms with van der Waals surface area (Å²) in [7, 11) is 2.98. The predicted octanol–water partition coefficient (Wildman–Crippen LogP) is 1.70. The summed E-state index contributed by atoms with van der Waals surface area (Å²) in [4.78, 5) is 13.3. The molecule has 1 heterocycles. The van der Waals surface area contributed by atoms with E-state index in [1.807, 2.05) is 0 Å². The van der Waals surface area contributed by atoms with Crippen LogP contribution in [-0.4, -0.2) is 24.4 Å². The second-order valence-corrected chi connectivity index (χ2v) is 3.48. The molecule has 6 nitrogen and oxygen atoms in total. The van der Waals surface area contributed by atoms with Gasteiger partial charge in [0.1, 0.15) is 0 Å². The Hall–Kier alpha value is -1.95. The monoisotopic (exact) mass is 256 g/mol. The molecule has 0 saturated carbocycles. The van der Waals surface area contributed by atoms with E-state index in [9.17, 15) is 4.79 Å². The first kappa shape index (κ1) is 11.5. The number of nitrogens with zero attached hydrogens (tertiary/aromatic N) is 1. The summed E-state index contributed by atoms with van der Waals surface area (Å²) < 4.78 is 14.6. The Balaban J connectivity index is 2.60. The Morgan fingerprint density at radius 3 is 2.65 bits per heavy atom. The molecule has 2 aromatic rings. The van der Waals surface area contributed by atoms with Gasteiger partial charge < -0.3 is 9.47 Å². The first-order valence-corrected chi connectivity index (χ1v) is 5.02. The third kappa shape index (κ3) is 1.99. The van der Waals surface area contributed by atoms with Crippen molar-refractivity contribution in [3.8, 4) is 22.9 Å². The molecule has 0 atom stereocenters. The van der Waals surface area contributed by atoms with E-state index in [2.05, 4.69) is 14.7 Å².